The number of anilines is 1. The van der Waals surface area contributed by atoms with E-state index >= 15 is 0 Å². The predicted molar refractivity (Wildman–Crippen MR) is 127 cm³/mol. The molecule has 1 N–H and O–H groups in total. The van der Waals surface area contributed by atoms with E-state index < -0.39 is 0 Å². The lowest BCUT2D eigenvalue weighted by molar-refractivity contribution is -0.125. The molecule has 0 spiro atoms. The highest BCUT2D eigenvalue weighted by Crippen LogP contribution is 2.34. The third-order valence-corrected chi connectivity index (χ3v) is 6.88. The molecule has 1 aromatic carbocycles. The minimum Gasteiger partial charge on any atom is -0.495 e. The molecule has 4 rings (SSSR count). The smallest absolute Gasteiger partial charge is 0.324 e. The van der Waals surface area contributed by atoms with Crippen LogP contribution in [0.2, 0.25) is 5.02 Å². The van der Waals surface area contributed by atoms with Crippen molar-refractivity contribution in [2.75, 3.05) is 30.9 Å². The maximum absolute atomic E-state index is 13.2. The number of methoxy groups -OCH3 is 1. The minimum absolute atomic E-state index is 0.0378. The van der Waals surface area contributed by atoms with E-state index in [4.69, 9.17) is 16.3 Å². The summed E-state index contributed by atoms with van der Waals surface area (Å²) in [5.41, 5.74) is 0.909. The number of aliphatic imine (C=N–C) groups is 1. The van der Waals surface area contributed by atoms with Crippen LogP contribution in [0.1, 0.15) is 11.3 Å². The van der Waals surface area contributed by atoms with Gasteiger partial charge in [0.25, 0.3) is 5.91 Å². The van der Waals surface area contributed by atoms with E-state index in [2.05, 4.69) is 10.3 Å². The van der Waals surface area contributed by atoms with Crippen molar-refractivity contribution in [1.82, 2.24) is 10.2 Å². The standard InChI is InChI=1S/C21H19ClN4O4S2/c1-30-17-6-5-13(10-15(17)22)26-19(28)16(11-14-4-2-8-31-14)24-21(26)32-9-3-7-25-18(27)12-23-20(25)29/h2,4-6,8,10-11H,3,7,9,12H2,1H3,(H,23,29)/b16-11-. The lowest BCUT2D eigenvalue weighted by Gasteiger charge is -2.19. The lowest BCUT2D eigenvalue weighted by atomic mass is 10.2. The van der Waals surface area contributed by atoms with E-state index in [9.17, 15) is 14.4 Å². The minimum atomic E-state index is -0.371. The number of carbonyl (C=O) groups is 3. The van der Waals surface area contributed by atoms with Crippen LogP contribution in [0.15, 0.2) is 46.4 Å². The zero-order valence-corrected chi connectivity index (χ0v) is 19.4. The number of rotatable bonds is 7. The molecule has 1 aromatic heterocycles. The Morgan fingerprint density at radius 3 is 2.81 bits per heavy atom. The van der Waals surface area contributed by atoms with Crippen molar-refractivity contribution in [2.45, 2.75) is 6.42 Å². The van der Waals surface area contributed by atoms with Gasteiger partial charge in [0.1, 0.15) is 11.4 Å². The number of carbonyl (C=O) groups excluding carboxylic acids is 3. The van der Waals surface area contributed by atoms with Crippen molar-refractivity contribution in [2.24, 2.45) is 4.99 Å². The number of ether oxygens (including phenoxy) is 1. The average molecular weight is 491 g/mol. The van der Waals surface area contributed by atoms with Gasteiger partial charge in [-0.25, -0.2) is 9.79 Å². The van der Waals surface area contributed by atoms with Crippen LogP contribution >= 0.6 is 34.7 Å². The second-order valence-corrected chi connectivity index (χ2v) is 9.25. The van der Waals surface area contributed by atoms with Crippen LogP contribution in [0.5, 0.6) is 5.75 Å². The molecule has 2 aliphatic heterocycles. The summed E-state index contributed by atoms with van der Waals surface area (Å²) in [7, 11) is 1.53. The van der Waals surface area contributed by atoms with E-state index in [0.717, 1.165) is 4.88 Å². The number of nitrogens with one attached hydrogen (secondary N) is 1. The topological polar surface area (TPSA) is 91.3 Å². The van der Waals surface area contributed by atoms with Crippen molar-refractivity contribution in [3.63, 3.8) is 0 Å². The number of urea groups is 1. The zero-order chi connectivity index (χ0) is 22.7. The summed E-state index contributed by atoms with van der Waals surface area (Å²) >= 11 is 9.18. The van der Waals surface area contributed by atoms with Gasteiger partial charge in [0, 0.05) is 17.2 Å². The molecule has 1 saturated heterocycles. The summed E-state index contributed by atoms with van der Waals surface area (Å²) in [4.78, 5) is 44.8. The maximum atomic E-state index is 13.2. The van der Waals surface area contributed by atoms with Gasteiger partial charge in [0.05, 0.1) is 24.4 Å². The fourth-order valence-corrected chi connectivity index (χ4v) is 5.03. The second kappa shape index (κ2) is 9.76. The van der Waals surface area contributed by atoms with E-state index in [-0.39, 0.29) is 24.4 Å². The normalized spacial score (nSPS) is 17.4. The van der Waals surface area contributed by atoms with Crippen molar-refractivity contribution in [3.8, 4) is 5.75 Å². The Hall–Kier alpha value is -2.82. The first-order valence-corrected chi connectivity index (χ1v) is 11.9. The van der Waals surface area contributed by atoms with E-state index in [0.29, 0.717) is 46.0 Å². The van der Waals surface area contributed by atoms with Crippen LogP contribution in [-0.2, 0) is 9.59 Å². The van der Waals surface area contributed by atoms with Gasteiger partial charge < -0.3 is 10.1 Å². The highest BCUT2D eigenvalue weighted by Gasteiger charge is 2.33. The van der Waals surface area contributed by atoms with E-state index in [1.165, 1.54) is 40.0 Å². The predicted octanol–water partition coefficient (Wildman–Crippen LogP) is 3.83. The summed E-state index contributed by atoms with van der Waals surface area (Å²) in [5, 5.41) is 5.33. The van der Waals surface area contributed by atoms with E-state index in [1.807, 2.05) is 17.5 Å². The molecule has 0 saturated carbocycles. The van der Waals surface area contributed by atoms with Crippen molar-refractivity contribution < 1.29 is 19.1 Å². The number of nitrogens with zero attached hydrogens (tertiary/aromatic N) is 3. The van der Waals surface area contributed by atoms with Gasteiger partial charge in [-0.3, -0.25) is 19.4 Å². The molecule has 4 amide bonds. The molecule has 0 atom stereocenters. The Morgan fingerprint density at radius 1 is 1.31 bits per heavy atom. The molecule has 2 aliphatic rings. The molecule has 8 nitrogen and oxygen atoms in total. The third-order valence-electron chi connectivity index (χ3n) is 4.74. The van der Waals surface area contributed by atoms with Gasteiger partial charge in [0.2, 0.25) is 5.91 Å². The van der Waals surface area contributed by atoms with Gasteiger partial charge in [-0.05, 0) is 42.1 Å². The number of imide groups is 1. The van der Waals surface area contributed by atoms with Crippen LogP contribution < -0.4 is 15.0 Å². The molecule has 3 heterocycles. The first-order chi connectivity index (χ1) is 15.5. The average Bonchev–Trinajstić information content (AvgIpc) is 3.47. The molecule has 0 unspecified atom stereocenters. The molecular formula is C21H19ClN4O4S2. The Kier molecular flexibility index (Phi) is 6.83. The van der Waals surface area contributed by atoms with Gasteiger partial charge in [-0.2, -0.15) is 0 Å². The molecule has 0 bridgehead atoms. The first kappa shape index (κ1) is 22.4. The van der Waals surface area contributed by atoms with Crippen LogP contribution in [0.3, 0.4) is 0 Å². The van der Waals surface area contributed by atoms with Gasteiger partial charge >= 0.3 is 6.03 Å². The molecule has 1 fully saturated rings. The first-order valence-electron chi connectivity index (χ1n) is 9.71. The van der Waals surface area contributed by atoms with Crippen molar-refractivity contribution >= 4 is 69.5 Å². The largest absolute Gasteiger partial charge is 0.495 e. The van der Waals surface area contributed by atoms with Crippen molar-refractivity contribution in [1.29, 1.82) is 0 Å². The fraction of sp³-hybridized carbons (Fsp3) is 0.238. The fourth-order valence-electron chi connectivity index (χ4n) is 3.19. The number of benzene rings is 1. The van der Waals surface area contributed by atoms with Crippen LogP contribution in [0.25, 0.3) is 6.08 Å². The highest BCUT2D eigenvalue weighted by atomic mass is 35.5. The zero-order valence-electron chi connectivity index (χ0n) is 17.0. The number of thioether (sulfide) groups is 1. The van der Waals surface area contributed by atoms with Gasteiger partial charge in [-0.1, -0.05) is 29.4 Å². The van der Waals surface area contributed by atoms with Crippen molar-refractivity contribution in [3.05, 3.63) is 51.3 Å². The summed E-state index contributed by atoms with van der Waals surface area (Å²) in [6.07, 6.45) is 2.32. The summed E-state index contributed by atoms with van der Waals surface area (Å²) in [5.74, 6) is 0.590. The van der Waals surface area contributed by atoms with Crippen LogP contribution in [0, 0.1) is 0 Å². The molecule has 0 aliphatic carbocycles. The summed E-state index contributed by atoms with van der Waals surface area (Å²) < 4.78 is 5.21. The Morgan fingerprint density at radius 2 is 2.16 bits per heavy atom. The SMILES string of the molecule is COc1ccc(N2C(=O)/C(=C/c3cccs3)N=C2SCCCN2C(=O)CNC2=O)cc1Cl. The quantitative estimate of drug-likeness (QED) is 0.362. The molecule has 2 aromatic rings. The lowest BCUT2D eigenvalue weighted by Crippen LogP contribution is -2.32. The summed E-state index contributed by atoms with van der Waals surface area (Å²) in [6.45, 7) is 0.348. The Bertz CT molecular complexity index is 1100. The number of halogens is 1. The number of hydrogen-bond donors (Lipinski definition) is 1. The van der Waals surface area contributed by atoms with Gasteiger partial charge in [0.15, 0.2) is 5.17 Å². The molecule has 0 radical (unpaired) electrons. The van der Waals surface area contributed by atoms with Gasteiger partial charge in [-0.15, -0.1) is 11.3 Å². The maximum Gasteiger partial charge on any atom is 0.324 e. The number of amidine groups is 1. The van der Waals surface area contributed by atoms with E-state index in [1.54, 1.807) is 24.3 Å². The highest BCUT2D eigenvalue weighted by molar-refractivity contribution is 8.14. The third kappa shape index (κ3) is 4.67. The number of thiophene rings is 1. The number of amides is 4. The number of hydrogen-bond acceptors (Lipinski definition) is 7. The Balaban J connectivity index is 1.52. The Labute approximate surface area is 197 Å². The monoisotopic (exact) mass is 490 g/mol. The molecule has 166 valence electrons. The second-order valence-electron chi connectivity index (χ2n) is 6.80. The molecular weight excluding hydrogens is 472 g/mol. The van der Waals surface area contributed by atoms with Crippen LogP contribution in [-0.4, -0.2) is 53.9 Å². The van der Waals surface area contributed by atoms with Crippen LogP contribution in [0.4, 0.5) is 10.5 Å². The summed E-state index contributed by atoms with van der Waals surface area (Å²) in [6, 6.07) is 8.57. The molecule has 11 heteroatoms. The molecule has 32 heavy (non-hydrogen) atoms.